The van der Waals surface area contributed by atoms with Crippen LogP contribution in [0, 0.1) is 11.3 Å². The van der Waals surface area contributed by atoms with Gasteiger partial charge >= 0.3 is 0 Å². The van der Waals surface area contributed by atoms with Gasteiger partial charge in [-0.05, 0) is 44.1 Å². The molecule has 0 aromatic carbocycles. The van der Waals surface area contributed by atoms with Crippen molar-refractivity contribution in [2.45, 2.75) is 60.3 Å². The number of thioether (sulfide) groups is 1. The zero-order chi connectivity index (χ0) is 17.6. The Morgan fingerprint density at radius 2 is 1.86 bits per heavy atom. The fourth-order valence-corrected chi connectivity index (χ4v) is 1.85. The van der Waals surface area contributed by atoms with Gasteiger partial charge in [-0.1, -0.05) is 27.7 Å². The molecule has 1 amide bonds. The number of ketones is 1. The van der Waals surface area contributed by atoms with Gasteiger partial charge in [0, 0.05) is 25.0 Å². The number of rotatable bonds is 10. The van der Waals surface area contributed by atoms with Gasteiger partial charge in [0.25, 0.3) is 0 Å². The van der Waals surface area contributed by atoms with E-state index in [2.05, 4.69) is 25.4 Å². The second kappa shape index (κ2) is 14.1. The third-order valence-corrected chi connectivity index (χ3v) is 4.18. The molecule has 0 saturated heterocycles. The Balaban J connectivity index is 0. The molecular weight excluding hydrogens is 298 g/mol. The molecule has 5 heteroatoms. The van der Waals surface area contributed by atoms with E-state index in [1.54, 1.807) is 18.7 Å². The highest BCUT2D eigenvalue weighted by molar-refractivity contribution is 7.98. The SMILES string of the molecule is CC(=O)C(C)(C)CCO.CSCCCC(=O)NCCC(C)C. The minimum Gasteiger partial charge on any atom is -0.396 e. The van der Waals surface area contributed by atoms with Crippen molar-refractivity contribution in [1.82, 2.24) is 5.32 Å². The summed E-state index contributed by atoms with van der Waals surface area (Å²) in [6.07, 6.45) is 5.38. The molecule has 0 radical (unpaired) electrons. The molecule has 0 aromatic heterocycles. The van der Waals surface area contributed by atoms with Crippen molar-refractivity contribution < 1.29 is 14.7 Å². The summed E-state index contributed by atoms with van der Waals surface area (Å²) in [6, 6.07) is 0. The van der Waals surface area contributed by atoms with Crippen LogP contribution >= 0.6 is 11.8 Å². The Hall–Kier alpha value is -0.550. The summed E-state index contributed by atoms with van der Waals surface area (Å²) in [6.45, 7) is 10.5. The molecule has 0 aromatic rings. The lowest BCUT2D eigenvalue weighted by Crippen LogP contribution is -2.25. The van der Waals surface area contributed by atoms with E-state index in [0.717, 1.165) is 25.1 Å². The number of carbonyl (C=O) groups excluding carboxylic acids is 2. The number of nitrogens with one attached hydrogen (secondary N) is 1. The minimum absolute atomic E-state index is 0.0899. The van der Waals surface area contributed by atoms with Gasteiger partial charge in [-0.15, -0.1) is 0 Å². The van der Waals surface area contributed by atoms with Crippen LogP contribution in [0.5, 0.6) is 0 Å². The van der Waals surface area contributed by atoms with Crippen molar-refractivity contribution in [3.8, 4) is 0 Å². The second-order valence-corrected chi connectivity index (χ2v) is 7.53. The van der Waals surface area contributed by atoms with Crippen LogP contribution in [0.1, 0.15) is 60.3 Å². The number of aliphatic hydroxyl groups excluding tert-OH is 1. The van der Waals surface area contributed by atoms with Crippen molar-refractivity contribution in [2.24, 2.45) is 11.3 Å². The molecule has 0 saturated carbocycles. The molecule has 0 rings (SSSR count). The molecule has 0 heterocycles. The van der Waals surface area contributed by atoms with Crippen molar-refractivity contribution in [1.29, 1.82) is 0 Å². The Bertz CT molecular complexity index is 304. The smallest absolute Gasteiger partial charge is 0.220 e. The standard InChI is InChI=1S/C10H21NOS.C7H14O2/c1-9(2)6-7-11-10(12)5-4-8-13-3;1-6(9)7(2,3)4-5-8/h9H,4-8H2,1-3H3,(H,11,12);8H,4-5H2,1-3H3. The number of aliphatic hydroxyl groups is 1. The quantitative estimate of drug-likeness (QED) is 0.602. The molecule has 0 unspecified atom stereocenters. The number of amides is 1. The summed E-state index contributed by atoms with van der Waals surface area (Å²) < 4.78 is 0. The molecule has 0 spiro atoms. The van der Waals surface area contributed by atoms with Gasteiger partial charge in [-0.2, -0.15) is 11.8 Å². The predicted molar refractivity (Wildman–Crippen MR) is 96.2 cm³/mol. The van der Waals surface area contributed by atoms with Crippen LogP contribution in [-0.2, 0) is 9.59 Å². The van der Waals surface area contributed by atoms with Gasteiger partial charge in [0.15, 0.2) is 0 Å². The lowest BCUT2D eigenvalue weighted by atomic mass is 9.86. The summed E-state index contributed by atoms with van der Waals surface area (Å²) in [4.78, 5) is 21.9. The first-order valence-corrected chi connectivity index (χ1v) is 9.44. The minimum atomic E-state index is -0.339. The highest BCUT2D eigenvalue weighted by Gasteiger charge is 2.21. The van der Waals surface area contributed by atoms with E-state index < -0.39 is 0 Å². The Morgan fingerprint density at radius 3 is 2.23 bits per heavy atom. The normalized spacial score (nSPS) is 10.9. The van der Waals surface area contributed by atoms with Crippen LogP contribution in [0.15, 0.2) is 0 Å². The molecule has 0 bridgehead atoms. The molecule has 22 heavy (non-hydrogen) atoms. The molecular formula is C17H35NO3S. The van der Waals surface area contributed by atoms with Crippen molar-refractivity contribution >= 4 is 23.5 Å². The number of hydrogen-bond acceptors (Lipinski definition) is 4. The maximum atomic E-state index is 11.2. The molecule has 132 valence electrons. The van der Waals surface area contributed by atoms with Crippen LogP contribution in [0.3, 0.4) is 0 Å². The van der Waals surface area contributed by atoms with E-state index in [0.29, 0.717) is 18.8 Å². The largest absolute Gasteiger partial charge is 0.396 e. The van der Waals surface area contributed by atoms with Gasteiger partial charge in [0.1, 0.15) is 5.78 Å². The summed E-state index contributed by atoms with van der Waals surface area (Å²) in [5, 5.41) is 11.4. The third-order valence-electron chi connectivity index (χ3n) is 3.49. The lowest BCUT2D eigenvalue weighted by Gasteiger charge is -2.18. The highest BCUT2D eigenvalue weighted by atomic mass is 32.2. The first-order chi connectivity index (χ1) is 10.2. The summed E-state index contributed by atoms with van der Waals surface area (Å²) in [7, 11) is 0. The Kier molecular flexibility index (Phi) is 15.2. The number of Topliss-reactive ketones (excluding diaryl/α,β-unsaturated/α-hetero) is 1. The second-order valence-electron chi connectivity index (χ2n) is 6.54. The monoisotopic (exact) mass is 333 g/mol. The van der Waals surface area contributed by atoms with Crippen LogP contribution < -0.4 is 5.32 Å². The van der Waals surface area contributed by atoms with Gasteiger partial charge in [0.05, 0.1) is 0 Å². The maximum Gasteiger partial charge on any atom is 0.220 e. The van der Waals surface area contributed by atoms with E-state index >= 15 is 0 Å². The molecule has 0 aliphatic heterocycles. The topological polar surface area (TPSA) is 66.4 Å². The molecule has 0 aliphatic rings. The number of hydrogen-bond donors (Lipinski definition) is 2. The van der Waals surface area contributed by atoms with Crippen molar-refractivity contribution in [3.63, 3.8) is 0 Å². The van der Waals surface area contributed by atoms with Gasteiger partial charge in [0.2, 0.25) is 5.91 Å². The average molecular weight is 334 g/mol. The summed E-state index contributed by atoms with van der Waals surface area (Å²) >= 11 is 1.79. The highest BCUT2D eigenvalue weighted by Crippen LogP contribution is 2.19. The molecule has 0 fully saturated rings. The number of carbonyl (C=O) groups is 2. The lowest BCUT2D eigenvalue weighted by molar-refractivity contribution is -0.125. The fourth-order valence-electron chi connectivity index (χ4n) is 1.42. The van der Waals surface area contributed by atoms with Gasteiger partial charge in [-0.3, -0.25) is 9.59 Å². The van der Waals surface area contributed by atoms with Gasteiger partial charge < -0.3 is 10.4 Å². The predicted octanol–water partition coefficient (Wildman–Crippen LogP) is 3.28. The average Bonchev–Trinajstić information content (AvgIpc) is 2.39. The Morgan fingerprint density at radius 1 is 1.27 bits per heavy atom. The fraction of sp³-hybridized carbons (Fsp3) is 0.882. The zero-order valence-corrected chi connectivity index (χ0v) is 16.0. The van der Waals surface area contributed by atoms with Crippen LogP contribution in [-0.4, -0.2) is 42.0 Å². The van der Waals surface area contributed by atoms with E-state index in [-0.39, 0.29) is 23.7 Å². The van der Waals surface area contributed by atoms with Crippen molar-refractivity contribution in [3.05, 3.63) is 0 Å². The van der Waals surface area contributed by atoms with Crippen LogP contribution in [0.2, 0.25) is 0 Å². The zero-order valence-electron chi connectivity index (χ0n) is 15.2. The van der Waals surface area contributed by atoms with Gasteiger partial charge in [-0.25, -0.2) is 0 Å². The van der Waals surface area contributed by atoms with Crippen LogP contribution in [0.25, 0.3) is 0 Å². The van der Waals surface area contributed by atoms with E-state index in [4.69, 9.17) is 5.11 Å². The molecule has 4 nitrogen and oxygen atoms in total. The maximum absolute atomic E-state index is 11.2. The third kappa shape index (κ3) is 15.8. The first kappa shape index (κ1) is 23.7. The van der Waals surface area contributed by atoms with E-state index in [9.17, 15) is 9.59 Å². The van der Waals surface area contributed by atoms with E-state index in [1.807, 2.05) is 13.8 Å². The first-order valence-electron chi connectivity index (χ1n) is 8.05. The molecule has 0 atom stereocenters. The molecule has 0 aliphatic carbocycles. The summed E-state index contributed by atoms with van der Waals surface area (Å²) in [5.74, 6) is 2.09. The molecule has 2 N–H and O–H groups in total. The van der Waals surface area contributed by atoms with Crippen molar-refractivity contribution in [2.75, 3.05) is 25.2 Å². The van der Waals surface area contributed by atoms with E-state index in [1.165, 1.54) is 0 Å². The summed E-state index contributed by atoms with van der Waals surface area (Å²) in [5.41, 5.74) is -0.339. The Labute approximate surface area is 140 Å². The van der Waals surface area contributed by atoms with Crippen LogP contribution in [0.4, 0.5) is 0 Å².